The van der Waals surface area contributed by atoms with Crippen molar-refractivity contribution in [2.24, 2.45) is 5.41 Å². The predicted octanol–water partition coefficient (Wildman–Crippen LogP) is 9.34. The van der Waals surface area contributed by atoms with Crippen LogP contribution in [0.1, 0.15) is 78.0 Å². The van der Waals surface area contributed by atoms with Crippen LogP contribution in [0.3, 0.4) is 0 Å². The highest BCUT2D eigenvalue weighted by Gasteiger charge is 2.32. The fourth-order valence-electron chi connectivity index (χ4n) is 7.57. The third-order valence-electron chi connectivity index (χ3n) is 11.4. The summed E-state index contributed by atoms with van der Waals surface area (Å²) in [6, 6.07) is 26.4. The van der Waals surface area contributed by atoms with Crippen LogP contribution in [0.5, 0.6) is 17.2 Å². The number of nitrogens with one attached hydrogen (secondary N) is 1. The SMILES string of the molecule is COc1ccc(-c2cccc(-c3cccc(COc4cc(OCc5cncc(C#N)c5)c(CC[C@@](C)(CO)C(=O)O)cc4Cl)c3C)c2C)cc1CCCC1CCC(=O)N1. The minimum absolute atomic E-state index is 0.103. The Morgan fingerprint density at radius 1 is 0.915 bits per heavy atom. The number of aliphatic hydroxyl groups is 1. The molecule has 2 atom stereocenters. The van der Waals surface area contributed by atoms with Crippen molar-refractivity contribution < 1.29 is 34.0 Å². The summed E-state index contributed by atoms with van der Waals surface area (Å²) in [4.78, 5) is 27.7. The van der Waals surface area contributed by atoms with Gasteiger partial charge in [-0.2, -0.15) is 5.26 Å². The highest BCUT2D eigenvalue weighted by molar-refractivity contribution is 6.32. The maximum atomic E-state index is 11.9. The molecule has 2 heterocycles. The Bertz CT molecular complexity index is 2370. The molecular formula is C48H50ClN3O7. The van der Waals surface area contributed by atoms with Gasteiger partial charge in [0.15, 0.2) is 0 Å². The van der Waals surface area contributed by atoms with Gasteiger partial charge in [0, 0.05) is 36.5 Å². The molecule has 5 aromatic rings. The predicted molar refractivity (Wildman–Crippen MR) is 228 cm³/mol. The van der Waals surface area contributed by atoms with Crippen LogP contribution in [0.4, 0.5) is 0 Å². The molecule has 1 aromatic heterocycles. The molecule has 11 heteroatoms. The van der Waals surface area contributed by atoms with E-state index in [-0.39, 0.29) is 38.0 Å². The maximum Gasteiger partial charge on any atom is 0.311 e. The molecule has 3 N–H and O–H groups in total. The largest absolute Gasteiger partial charge is 0.496 e. The smallest absolute Gasteiger partial charge is 0.311 e. The van der Waals surface area contributed by atoms with Crippen LogP contribution in [0.15, 0.2) is 85.2 Å². The van der Waals surface area contributed by atoms with E-state index in [1.54, 1.807) is 31.5 Å². The van der Waals surface area contributed by atoms with Crippen LogP contribution < -0.4 is 19.5 Å². The van der Waals surface area contributed by atoms with E-state index in [0.29, 0.717) is 39.6 Å². The molecule has 1 aliphatic heterocycles. The summed E-state index contributed by atoms with van der Waals surface area (Å²) in [7, 11) is 1.70. The summed E-state index contributed by atoms with van der Waals surface area (Å²) in [5, 5.41) is 32.4. The van der Waals surface area contributed by atoms with E-state index in [0.717, 1.165) is 75.9 Å². The van der Waals surface area contributed by atoms with Crippen LogP contribution >= 0.6 is 11.6 Å². The summed E-state index contributed by atoms with van der Waals surface area (Å²) in [5.41, 5.74) is 9.16. The van der Waals surface area contributed by atoms with E-state index in [2.05, 4.69) is 66.6 Å². The molecule has 306 valence electrons. The Kier molecular flexibility index (Phi) is 13.9. The lowest BCUT2D eigenvalue weighted by Crippen LogP contribution is -2.32. The van der Waals surface area contributed by atoms with E-state index in [1.807, 2.05) is 18.2 Å². The quantitative estimate of drug-likeness (QED) is 0.0786. The summed E-state index contributed by atoms with van der Waals surface area (Å²) in [5.74, 6) is 0.744. The second-order valence-electron chi connectivity index (χ2n) is 15.5. The van der Waals surface area contributed by atoms with Gasteiger partial charge in [0.25, 0.3) is 0 Å². The molecule has 1 unspecified atom stereocenters. The number of amides is 1. The van der Waals surface area contributed by atoms with Gasteiger partial charge in [0.05, 0.1) is 29.7 Å². The molecule has 10 nitrogen and oxygen atoms in total. The van der Waals surface area contributed by atoms with E-state index < -0.39 is 18.0 Å². The molecule has 1 saturated heterocycles. The number of carbonyl (C=O) groups is 2. The number of aryl methyl sites for hydroxylation is 2. The highest BCUT2D eigenvalue weighted by atomic mass is 35.5. The third kappa shape index (κ3) is 10.2. The lowest BCUT2D eigenvalue weighted by molar-refractivity contribution is -0.150. The average molecular weight is 816 g/mol. The van der Waals surface area contributed by atoms with Gasteiger partial charge >= 0.3 is 5.97 Å². The van der Waals surface area contributed by atoms with Crippen LogP contribution in [-0.4, -0.2) is 46.8 Å². The van der Waals surface area contributed by atoms with Gasteiger partial charge in [0.2, 0.25) is 5.91 Å². The van der Waals surface area contributed by atoms with E-state index in [1.165, 1.54) is 13.1 Å². The number of carboxylic acid groups (broad SMARTS) is 1. The first-order valence-electron chi connectivity index (χ1n) is 19.8. The van der Waals surface area contributed by atoms with E-state index >= 15 is 0 Å². The van der Waals surface area contributed by atoms with Crippen molar-refractivity contribution in [2.75, 3.05) is 13.7 Å². The number of nitrogens with zero attached hydrogens (tertiary/aromatic N) is 2. The van der Waals surface area contributed by atoms with Crippen molar-refractivity contribution in [1.29, 1.82) is 5.26 Å². The maximum absolute atomic E-state index is 11.9. The van der Waals surface area contributed by atoms with Crippen LogP contribution in [0.25, 0.3) is 22.3 Å². The normalized spacial score (nSPS) is 14.6. The number of methoxy groups -OCH3 is 1. The Morgan fingerprint density at radius 3 is 2.36 bits per heavy atom. The minimum atomic E-state index is -1.35. The van der Waals surface area contributed by atoms with Gasteiger partial charge in [-0.3, -0.25) is 14.6 Å². The first kappa shape index (κ1) is 42.7. The molecule has 6 rings (SSSR count). The minimum Gasteiger partial charge on any atom is -0.496 e. The number of nitriles is 1. The van der Waals surface area contributed by atoms with Gasteiger partial charge in [-0.15, -0.1) is 0 Å². The zero-order chi connectivity index (χ0) is 42.1. The molecule has 0 saturated carbocycles. The number of hydrogen-bond donors (Lipinski definition) is 3. The van der Waals surface area contributed by atoms with Crippen LogP contribution in [0.2, 0.25) is 5.02 Å². The third-order valence-corrected chi connectivity index (χ3v) is 11.7. The summed E-state index contributed by atoms with van der Waals surface area (Å²) in [6.45, 7) is 5.54. The topological polar surface area (TPSA) is 151 Å². The first-order valence-corrected chi connectivity index (χ1v) is 20.2. The Labute approximate surface area is 350 Å². The number of carbonyl (C=O) groups excluding carboxylic acids is 1. The summed E-state index contributed by atoms with van der Waals surface area (Å²) < 4.78 is 18.4. The van der Waals surface area contributed by atoms with Crippen LogP contribution in [0, 0.1) is 30.6 Å². The number of halogens is 1. The second kappa shape index (κ2) is 19.2. The number of pyridine rings is 1. The number of hydrogen-bond acceptors (Lipinski definition) is 8. The van der Waals surface area contributed by atoms with Gasteiger partial charge < -0.3 is 29.7 Å². The number of rotatable bonds is 18. The Morgan fingerprint density at radius 2 is 1.64 bits per heavy atom. The lowest BCUT2D eigenvalue weighted by atomic mass is 9.85. The van der Waals surface area contributed by atoms with Gasteiger partial charge in [-0.05, 0) is 134 Å². The number of aliphatic hydroxyl groups excluding tert-OH is 1. The number of carboxylic acids is 1. The summed E-state index contributed by atoms with van der Waals surface area (Å²) in [6.07, 6.45) is 7.76. The average Bonchev–Trinajstić information content (AvgIpc) is 3.66. The van der Waals surface area contributed by atoms with Gasteiger partial charge in [-0.25, -0.2) is 0 Å². The highest BCUT2D eigenvalue weighted by Crippen LogP contribution is 2.39. The standard InChI is InChI=1S/C48H50ClN3O7/c1-30-37(28-59-45-23-44(58-27-33-20-32(24-50)25-51-26-33)36(22-42(45)49)18-19-48(3,29-53)47(55)56)9-6-12-40(30)41-13-7-11-39(31(41)2)34-14-16-43(57-4)35(21-34)8-5-10-38-15-17-46(54)52-38/h6-7,9,11-14,16,20-23,25-26,38,53H,5,8,10,15,17-19,27-29H2,1-4H3,(H,52,54)(H,55,56)/t38?,48-/m0/s1. The first-order chi connectivity index (χ1) is 28.4. The molecule has 1 aliphatic rings. The Balaban J connectivity index is 1.23. The summed E-state index contributed by atoms with van der Waals surface area (Å²) >= 11 is 6.81. The van der Waals surface area contributed by atoms with Gasteiger partial charge in [0.1, 0.15) is 36.5 Å². The number of aromatic nitrogens is 1. The number of benzene rings is 4. The molecule has 59 heavy (non-hydrogen) atoms. The fourth-order valence-corrected chi connectivity index (χ4v) is 7.81. The van der Waals surface area contributed by atoms with Crippen molar-refractivity contribution >= 4 is 23.5 Å². The van der Waals surface area contributed by atoms with Crippen molar-refractivity contribution in [3.8, 4) is 45.6 Å². The van der Waals surface area contributed by atoms with Crippen molar-refractivity contribution in [1.82, 2.24) is 10.3 Å². The second-order valence-corrected chi connectivity index (χ2v) is 15.9. The van der Waals surface area contributed by atoms with Crippen LogP contribution in [-0.2, 0) is 35.6 Å². The molecular weight excluding hydrogens is 766 g/mol. The van der Waals surface area contributed by atoms with E-state index in [9.17, 15) is 25.1 Å². The van der Waals surface area contributed by atoms with Crippen molar-refractivity contribution in [2.45, 2.75) is 85.0 Å². The molecule has 1 fully saturated rings. The molecule has 1 amide bonds. The van der Waals surface area contributed by atoms with Crippen molar-refractivity contribution in [3.63, 3.8) is 0 Å². The lowest BCUT2D eigenvalue weighted by Gasteiger charge is -2.23. The molecule has 0 spiro atoms. The molecule has 0 radical (unpaired) electrons. The van der Waals surface area contributed by atoms with Crippen molar-refractivity contribution in [3.05, 3.63) is 129 Å². The number of ether oxygens (including phenoxy) is 3. The zero-order valence-corrected chi connectivity index (χ0v) is 34.7. The zero-order valence-electron chi connectivity index (χ0n) is 33.9. The number of aliphatic carboxylic acids is 1. The molecule has 0 aliphatic carbocycles. The van der Waals surface area contributed by atoms with E-state index in [4.69, 9.17) is 25.8 Å². The monoisotopic (exact) mass is 815 g/mol. The van der Waals surface area contributed by atoms with Gasteiger partial charge in [-0.1, -0.05) is 54.1 Å². The molecule has 0 bridgehead atoms. The fraction of sp³-hybridized carbons (Fsp3) is 0.333. The Hall–Kier alpha value is -5.89. The molecule has 4 aromatic carbocycles.